The summed E-state index contributed by atoms with van der Waals surface area (Å²) in [5, 5.41) is 0. The van der Waals surface area contributed by atoms with Gasteiger partial charge in [0, 0.05) is 44.5 Å². The van der Waals surface area contributed by atoms with Crippen LogP contribution in [0.25, 0.3) is 11.0 Å². The SMILES string of the molecule is CN=Cc1c(N2CCC[C@@H](N)C2)n(CCC(C)C)c2c(=O)n(CC(=O)c3cccc(OC)c3)cnc12. The van der Waals surface area contributed by atoms with Gasteiger partial charge in [-0.2, -0.15) is 0 Å². The quantitative estimate of drug-likeness (QED) is 0.363. The van der Waals surface area contributed by atoms with E-state index in [1.165, 1.54) is 10.9 Å². The van der Waals surface area contributed by atoms with E-state index in [0.29, 0.717) is 41.4 Å². The molecule has 0 amide bonds. The number of rotatable bonds is 9. The highest BCUT2D eigenvalue weighted by atomic mass is 16.5. The smallest absolute Gasteiger partial charge is 0.278 e. The van der Waals surface area contributed by atoms with E-state index in [4.69, 9.17) is 10.5 Å². The maximum Gasteiger partial charge on any atom is 0.278 e. The van der Waals surface area contributed by atoms with Crippen LogP contribution < -0.4 is 20.9 Å². The van der Waals surface area contributed by atoms with Crippen molar-refractivity contribution >= 4 is 28.8 Å². The second-order valence-electron chi connectivity index (χ2n) is 9.84. The molecule has 1 aromatic carbocycles. The van der Waals surface area contributed by atoms with Crippen LogP contribution in [0.4, 0.5) is 5.82 Å². The van der Waals surface area contributed by atoms with Crippen molar-refractivity contribution in [3.63, 3.8) is 0 Å². The van der Waals surface area contributed by atoms with Gasteiger partial charge in [0.05, 0.1) is 25.5 Å². The molecule has 0 radical (unpaired) electrons. The van der Waals surface area contributed by atoms with E-state index >= 15 is 0 Å². The number of ketones is 1. The van der Waals surface area contributed by atoms with Crippen LogP contribution in [0.3, 0.4) is 0 Å². The van der Waals surface area contributed by atoms with Gasteiger partial charge in [0.1, 0.15) is 22.6 Å². The average Bonchev–Trinajstić information content (AvgIpc) is 3.18. The first-order valence-electron chi connectivity index (χ1n) is 12.6. The summed E-state index contributed by atoms with van der Waals surface area (Å²) in [6, 6.07) is 7.02. The molecule has 3 aromatic rings. The number of ether oxygens (including phenoxy) is 1. The normalized spacial score (nSPS) is 16.4. The number of aliphatic imine (C=N–C) groups is 1. The van der Waals surface area contributed by atoms with Gasteiger partial charge in [0.2, 0.25) is 0 Å². The molecule has 4 rings (SSSR count). The highest BCUT2D eigenvalue weighted by Crippen LogP contribution is 2.32. The fraction of sp³-hybridized carbons (Fsp3) is 0.481. The van der Waals surface area contributed by atoms with Gasteiger partial charge >= 0.3 is 0 Å². The molecule has 3 heterocycles. The minimum atomic E-state index is -0.238. The van der Waals surface area contributed by atoms with Crippen LogP contribution in [0.15, 0.2) is 40.4 Å². The van der Waals surface area contributed by atoms with Gasteiger partial charge in [-0.15, -0.1) is 0 Å². The third-order valence-corrected chi connectivity index (χ3v) is 6.69. The molecule has 192 valence electrons. The van der Waals surface area contributed by atoms with Gasteiger partial charge in [-0.25, -0.2) is 4.98 Å². The lowest BCUT2D eigenvalue weighted by molar-refractivity contribution is 0.0970. The molecule has 9 nitrogen and oxygen atoms in total. The number of anilines is 1. The number of aryl methyl sites for hydroxylation is 1. The largest absolute Gasteiger partial charge is 0.497 e. The van der Waals surface area contributed by atoms with Crippen LogP contribution in [0.2, 0.25) is 0 Å². The molecule has 0 aliphatic carbocycles. The van der Waals surface area contributed by atoms with Gasteiger partial charge < -0.3 is 19.9 Å². The van der Waals surface area contributed by atoms with Crippen molar-refractivity contribution in [2.45, 2.75) is 52.2 Å². The lowest BCUT2D eigenvalue weighted by Gasteiger charge is -2.34. The van der Waals surface area contributed by atoms with Crippen LogP contribution in [-0.2, 0) is 13.1 Å². The molecular weight excluding hydrogens is 456 g/mol. The number of carbonyl (C=O) groups excluding carboxylic acids is 1. The van der Waals surface area contributed by atoms with Crippen LogP contribution in [0, 0.1) is 5.92 Å². The zero-order chi connectivity index (χ0) is 25.8. The number of benzene rings is 1. The zero-order valence-corrected chi connectivity index (χ0v) is 21.6. The van der Waals surface area contributed by atoms with Gasteiger partial charge in [0.25, 0.3) is 5.56 Å². The Kier molecular flexibility index (Phi) is 7.88. The second kappa shape index (κ2) is 11.1. The van der Waals surface area contributed by atoms with E-state index in [1.54, 1.807) is 44.6 Å². The van der Waals surface area contributed by atoms with E-state index in [0.717, 1.165) is 37.2 Å². The summed E-state index contributed by atoms with van der Waals surface area (Å²) < 4.78 is 8.71. The fourth-order valence-electron chi connectivity index (χ4n) is 4.83. The number of methoxy groups -OCH3 is 1. The zero-order valence-electron chi connectivity index (χ0n) is 21.6. The van der Waals surface area contributed by atoms with E-state index < -0.39 is 0 Å². The molecule has 0 spiro atoms. The van der Waals surface area contributed by atoms with Crippen molar-refractivity contribution in [3.8, 4) is 5.75 Å². The number of piperidine rings is 1. The predicted octanol–water partition coefficient (Wildman–Crippen LogP) is 3.11. The van der Waals surface area contributed by atoms with E-state index in [2.05, 4.69) is 33.3 Å². The monoisotopic (exact) mass is 492 g/mol. The standard InChI is InChI=1S/C27H36N6O3/c1-18(2)10-12-33-25-24(22(14-29-3)26(33)31-11-6-8-20(28)15-31)30-17-32(27(25)35)16-23(34)19-7-5-9-21(13-19)36-4/h5,7,9,13-14,17-18,20H,6,8,10-12,15-16,28H2,1-4H3/t20-/m1/s1. The number of hydrogen-bond acceptors (Lipinski definition) is 7. The molecule has 0 saturated carbocycles. The first-order chi connectivity index (χ1) is 17.3. The number of nitrogens with zero attached hydrogens (tertiary/aromatic N) is 5. The van der Waals surface area contributed by atoms with Crippen molar-refractivity contribution in [3.05, 3.63) is 52.1 Å². The summed E-state index contributed by atoms with van der Waals surface area (Å²) in [4.78, 5) is 38.1. The number of hydrogen-bond donors (Lipinski definition) is 1. The third-order valence-electron chi connectivity index (χ3n) is 6.69. The van der Waals surface area contributed by atoms with Crippen molar-refractivity contribution in [2.24, 2.45) is 16.6 Å². The lowest BCUT2D eigenvalue weighted by atomic mass is 10.1. The number of Topliss-reactive ketones (excluding diaryl/α,β-unsaturated/α-hetero) is 1. The Labute approximate surface area is 211 Å². The molecule has 1 fully saturated rings. The topological polar surface area (TPSA) is 108 Å². The van der Waals surface area contributed by atoms with Gasteiger partial charge in [-0.05, 0) is 37.3 Å². The molecule has 36 heavy (non-hydrogen) atoms. The maximum absolute atomic E-state index is 13.8. The van der Waals surface area contributed by atoms with E-state index in [9.17, 15) is 9.59 Å². The molecule has 9 heteroatoms. The number of carbonyl (C=O) groups is 1. The summed E-state index contributed by atoms with van der Waals surface area (Å²) in [5.74, 6) is 1.80. The molecular formula is C27H36N6O3. The van der Waals surface area contributed by atoms with Crippen LogP contribution >= 0.6 is 0 Å². The molecule has 2 N–H and O–H groups in total. The minimum absolute atomic E-state index is 0.0758. The Morgan fingerprint density at radius 2 is 2.17 bits per heavy atom. The molecule has 2 aromatic heterocycles. The first-order valence-corrected chi connectivity index (χ1v) is 12.6. The van der Waals surface area contributed by atoms with E-state index in [-0.39, 0.29) is 23.9 Å². The summed E-state index contributed by atoms with van der Waals surface area (Å²) in [6.07, 6.45) is 6.12. The van der Waals surface area contributed by atoms with Crippen LogP contribution in [0.1, 0.15) is 49.0 Å². The van der Waals surface area contributed by atoms with Gasteiger partial charge in [-0.3, -0.25) is 19.1 Å². The van der Waals surface area contributed by atoms with Crippen molar-refractivity contribution in [2.75, 3.05) is 32.1 Å². The van der Waals surface area contributed by atoms with Crippen LogP contribution in [0.5, 0.6) is 5.75 Å². The first kappa shape index (κ1) is 25.6. The fourth-order valence-corrected chi connectivity index (χ4v) is 4.83. The van der Waals surface area contributed by atoms with Gasteiger partial charge in [0.15, 0.2) is 5.78 Å². The molecule has 0 bridgehead atoms. The Bertz CT molecular complexity index is 1320. The van der Waals surface area contributed by atoms with Crippen molar-refractivity contribution in [1.82, 2.24) is 14.1 Å². The molecule has 1 saturated heterocycles. The number of aromatic nitrogens is 3. The Morgan fingerprint density at radius 1 is 1.36 bits per heavy atom. The minimum Gasteiger partial charge on any atom is -0.497 e. The highest BCUT2D eigenvalue weighted by molar-refractivity contribution is 6.03. The third kappa shape index (κ3) is 5.21. The van der Waals surface area contributed by atoms with Crippen LogP contribution in [-0.4, -0.2) is 59.4 Å². The summed E-state index contributed by atoms with van der Waals surface area (Å²) in [7, 11) is 3.28. The number of nitrogens with two attached hydrogens (primary N) is 1. The van der Waals surface area contributed by atoms with Crippen molar-refractivity contribution < 1.29 is 9.53 Å². The molecule has 1 atom stereocenters. The Morgan fingerprint density at radius 3 is 2.86 bits per heavy atom. The summed E-state index contributed by atoms with van der Waals surface area (Å²) in [6.45, 7) is 6.46. The molecule has 1 aliphatic heterocycles. The second-order valence-corrected chi connectivity index (χ2v) is 9.84. The predicted molar refractivity (Wildman–Crippen MR) is 144 cm³/mol. The summed E-state index contributed by atoms with van der Waals surface area (Å²) in [5.41, 5.74) is 8.51. The number of fused-ring (bicyclic) bond motifs is 1. The average molecular weight is 493 g/mol. The van der Waals surface area contributed by atoms with Gasteiger partial charge in [-0.1, -0.05) is 26.0 Å². The molecule has 1 aliphatic rings. The highest BCUT2D eigenvalue weighted by Gasteiger charge is 2.28. The summed E-state index contributed by atoms with van der Waals surface area (Å²) >= 11 is 0. The molecule has 0 unspecified atom stereocenters. The Hall–Kier alpha value is -3.46. The maximum atomic E-state index is 13.8. The Balaban J connectivity index is 1.84. The lowest BCUT2D eigenvalue weighted by Crippen LogP contribution is -2.44. The van der Waals surface area contributed by atoms with Crippen molar-refractivity contribution in [1.29, 1.82) is 0 Å². The van der Waals surface area contributed by atoms with E-state index in [1.807, 2.05) is 0 Å².